The zero-order chi connectivity index (χ0) is 13.2. The van der Waals surface area contributed by atoms with Crippen LogP contribution in [0.5, 0.6) is 0 Å². The third-order valence-electron chi connectivity index (χ3n) is 3.16. The van der Waals surface area contributed by atoms with Crippen molar-refractivity contribution in [3.8, 4) is 0 Å². The van der Waals surface area contributed by atoms with E-state index in [1.807, 2.05) is 12.1 Å². The summed E-state index contributed by atoms with van der Waals surface area (Å²) in [5, 5.41) is 4.20. The number of aromatic nitrogens is 1. The molecule has 0 radical (unpaired) electrons. The van der Waals surface area contributed by atoms with Crippen LogP contribution in [0, 0.1) is 5.92 Å². The van der Waals surface area contributed by atoms with E-state index in [9.17, 15) is 4.79 Å². The van der Waals surface area contributed by atoms with Crippen molar-refractivity contribution in [3.63, 3.8) is 0 Å². The summed E-state index contributed by atoms with van der Waals surface area (Å²) in [5.41, 5.74) is 0.866. The molecule has 0 bridgehead atoms. The van der Waals surface area contributed by atoms with Gasteiger partial charge >= 0.3 is 0 Å². The Morgan fingerprint density at radius 3 is 3.21 bits per heavy atom. The van der Waals surface area contributed by atoms with Gasteiger partial charge in [-0.1, -0.05) is 35.1 Å². The Morgan fingerprint density at radius 2 is 2.42 bits per heavy atom. The van der Waals surface area contributed by atoms with Gasteiger partial charge in [-0.05, 0) is 37.0 Å². The van der Waals surface area contributed by atoms with E-state index < -0.39 is 0 Å². The Hall–Kier alpha value is -1.39. The second-order valence-corrected chi connectivity index (χ2v) is 6.12. The fraction of sp³-hybridized carbons (Fsp3) is 0.286. The summed E-state index contributed by atoms with van der Waals surface area (Å²) < 4.78 is 0.989. The zero-order valence-electron chi connectivity index (χ0n) is 10.2. The minimum absolute atomic E-state index is 0.0294. The largest absolute Gasteiger partial charge is 0.302 e. The molecule has 2 aromatic rings. The molecule has 19 heavy (non-hydrogen) atoms. The number of allylic oxidation sites excluding steroid dienone is 2. The Bertz CT molecular complexity index is 650. The van der Waals surface area contributed by atoms with Gasteiger partial charge in [-0.3, -0.25) is 4.79 Å². The van der Waals surface area contributed by atoms with Crippen LogP contribution >= 0.6 is 22.9 Å². The van der Waals surface area contributed by atoms with E-state index >= 15 is 0 Å². The molecule has 3 rings (SSSR count). The van der Waals surface area contributed by atoms with Gasteiger partial charge in [-0.2, -0.15) is 0 Å². The number of carbonyl (C=O) groups is 1. The van der Waals surface area contributed by atoms with Crippen LogP contribution in [0.4, 0.5) is 5.13 Å². The second kappa shape index (κ2) is 5.31. The van der Waals surface area contributed by atoms with Gasteiger partial charge in [-0.15, -0.1) is 0 Å². The van der Waals surface area contributed by atoms with Gasteiger partial charge in [0.1, 0.15) is 0 Å². The normalized spacial score (nSPS) is 18.1. The number of rotatable bonds is 3. The lowest BCUT2D eigenvalue weighted by Crippen LogP contribution is -2.14. The molecule has 1 aliphatic rings. The highest BCUT2D eigenvalue weighted by Gasteiger charge is 2.15. The molecule has 1 amide bonds. The van der Waals surface area contributed by atoms with E-state index in [-0.39, 0.29) is 5.91 Å². The van der Waals surface area contributed by atoms with Crippen molar-refractivity contribution in [1.82, 2.24) is 4.98 Å². The minimum atomic E-state index is 0.0294. The molecule has 1 aromatic carbocycles. The Kier molecular flexibility index (Phi) is 3.53. The van der Waals surface area contributed by atoms with Crippen molar-refractivity contribution in [3.05, 3.63) is 35.4 Å². The molecular formula is C14H13ClN2OS. The molecule has 0 saturated heterocycles. The predicted octanol–water partition coefficient (Wildman–Crippen LogP) is 4.24. The molecule has 1 heterocycles. The van der Waals surface area contributed by atoms with Crippen LogP contribution in [0.3, 0.4) is 0 Å². The number of benzene rings is 1. The summed E-state index contributed by atoms with van der Waals surface area (Å²) in [6.07, 6.45) is 6.95. The van der Waals surface area contributed by atoms with Gasteiger partial charge in [0, 0.05) is 11.4 Å². The maximum atomic E-state index is 11.9. The number of hydrogen-bond donors (Lipinski definition) is 1. The highest BCUT2D eigenvalue weighted by molar-refractivity contribution is 7.22. The lowest BCUT2D eigenvalue weighted by molar-refractivity contribution is -0.116. The number of thiazole rings is 1. The van der Waals surface area contributed by atoms with Crippen molar-refractivity contribution in [2.24, 2.45) is 5.92 Å². The second-order valence-electron chi connectivity index (χ2n) is 4.65. The summed E-state index contributed by atoms with van der Waals surface area (Å²) in [7, 11) is 0. The first-order valence-corrected chi connectivity index (χ1v) is 7.43. The van der Waals surface area contributed by atoms with E-state index in [2.05, 4.69) is 22.5 Å². The molecule has 0 unspecified atom stereocenters. The van der Waals surface area contributed by atoms with Crippen molar-refractivity contribution in [1.29, 1.82) is 0 Å². The van der Waals surface area contributed by atoms with Crippen LogP contribution in [-0.2, 0) is 4.79 Å². The average Bonchev–Trinajstić information content (AvgIpc) is 2.97. The van der Waals surface area contributed by atoms with E-state index in [0.717, 1.165) is 23.1 Å². The van der Waals surface area contributed by atoms with E-state index in [1.54, 1.807) is 6.07 Å². The van der Waals surface area contributed by atoms with Gasteiger partial charge < -0.3 is 5.32 Å². The summed E-state index contributed by atoms with van der Waals surface area (Å²) in [6, 6.07) is 5.53. The molecule has 3 nitrogen and oxygen atoms in total. The molecule has 0 fully saturated rings. The lowest BCUT2D eigenvalue weighted by Gasteiger charge is -2.06. The number of halogens is 1. The number of anilines is 1. The highest BCUT2D eigenvalue weighted by Crippen LogP contribution is 2.29. The number of nitrogens with one attached hydrogen (secondary N) is 1. The molecule has 98 valence electrons. The number of nitrogens with zero attached hydrogens (tertiary/aromatic N) is 1. The maximum Gasteiger partial charge on any atom is 0.226 e. The zero-order valence-corrected chi connectivity index (χ0v) is 11.8. The predicted molar refractivity (Wildman–Crippen MR) is 79.7 cm³/mol. The quantitative estimate of drug-likeness (QED) is 0.860. The Labute approximate surface area is 120 Å². The molecular weight excluding hydrogens is 280 g/mol. The molecule has 1 aromatic heterocycles. The third kappa shape index (κ3) is 2.96. The van der Waals surface area contributed by atoms with E-state index in [0.29, 0.717) is 22.5 Å². The molecule has 0 spiro atoms. The first-order valence-electron chi connectivity index (χ1n) is 6.23. The fourth-order valence-electron chi connectivity index (χ4n) is 2.23. The fourth-order valence-corrected chi connectivity index (χ4v) is 3.38. The van der Waals surface area contributed by atoms with Gasteiger partial charge in [0.25, 0.3) is 0 Å². The Balaban J connectivity index is 1.70. The van der Waals surface area contributed by atoms with Crippen LogP contribution in [0.1, 0.15) is 19.3 Å². The molecule has 0 saturated carbocycles. The lowest BCUT2D eigenvalue weighted by atomic mass is 10.1. The van der Waals surface area contributed by atoms with Crippen molar-refractivity contribution in [2.75, 3.05) is 5.32 Å². The third-order valence-corrected chi connectivity index (χ3v) is 4.33. The van der Waals surface area contributed by atoms with Crippen LogP contribution in [0.25, 0.3) is 10.2 Å². The average molecular weight is 293 g/mol. The first-order chi connectivity index (χ1) is 9.20. The first kappa shape index (κ1) is 12.6. The summed E-state index contributed by atoms with van der Waals surface area (Å²) in [5.74, 6) is 0.408. The van der Waals surface area contributed by atoms with Crippen LogP contribution in [0.2, 0.25) is 5.02 Å². The minimum Gasteiger partial charge on any atom is -0.302 e. The van der Waals surface area contributed by atoms with Crippen molar-refractivity contribution < 1.29 is 4.79 Å². The van der Waals surface area contributed by atoms with Gasteiger partial charge in [-0.25, -0.2) is 4.98 Å². The smallest absolute Gasteiger partial charge is 0.226 e. The summed E-state index contributed by atoms with van der Waals surface area (Å²) in [4.78, 5) is 16.3. The number of fused-ring (bicyclic) bond motifs is 1. The van der Waals surface area contributed by atoms with Gasteiger partial charge in [0.15, 0.2) is 5.13 Å². The summed E-state index contributed by atoms with van der Waals surface area (Å²) in [6.45, 7) is 0. The monoisotopic (exact) mass is 292 g/mol. The van der Waals surface area contributed by atoms with Crippen molar-refractivity contribution >= 4 is 44.2 Å². The number of hydrogen-bond acceptors (Lipinski definition) is 3. The highest BCUT2D eigenvalue weighted by atomic mass is 35.5. The molecule has 1 aliphatic carbocycles. The molecule has 1 atom stereocenters. The van der Waals surface area contributed by atoms with Gasteiger partial charge in [0.2, 0.25) is 5.91 Å². The standard InChI is InChI=1S/C14H13ClN2OS/c15-10-5-6-11-12(8-10)19-14(16-11)17-13(18)7-9-3-1-2-4-9/h1,3,5-6,8-9H,2,4,7H2,(H,16,17,18)/t9-/m1/s1. The van der Waals surface area contributed by atoms with E-state index in [1.165, 1.54) is 11.3 Å². The van der Waals surface area contributed by atoms with E-state index in [4.69, 9.17) is 11.6 Å². The number of amides is 1. The maximum absolute atomic E-state index is 11.9. The van der Waals surface area contributed by atoms with Crippen molar-refractivity contribution in [2.45, 2.75) is 19.3 Å². The SMILES string of the molecule is O=C(C[C@@H]1C=CCC1)Nc1nc2ccc(Cl)cc2s1. The molecule has 5 heteroatoms. The van der Waals surface area contributed by atoms with Crippen LogP contribution in [-0.4, -0.2) is 10.9 Å². The topological polar surface area (TPSA) is 42.0 Å². The van der Waals surface area contributed by atoms with Crippen LogP contribution in [0.15, 0.2) is 30.4 Å². The summed E-state index contributed by atoms with van der Waals surface area (Å²) >= 11 is 7.38. The van der Waals surface area contributed by atoms with Crippen LogP contribution < -0.4 is 5.32 Å². The van der Waals surface area contributed by atoms with Gasteiger partial charge in [0.05, 0.1) is 10.2 Å². The Morgan fingerprint density at radius 1 is 1.53 bits per heavy atom. The molecule has 1 N–H and O–H groups in total. The number of carbonyl (C=O) groups excluding carboxylic acids is 1. The molecule has 0 aliphatic heterocycles.